The SMILES string of the molecule is CNC(CS(=O)c1ccc(C(C)(C)C)cc1)C1CCCC1. The average Bonchev–Trinajstić information content (AvgIpc) is 2.97. The van der Waals surface area contributed by atoms with E-state index in [0.717, 1.165) is 10.6 Å². The molecule has 1 saturated carbocycles. The molecule has 1 aliphatic carbocycles. The Balaban J connectivity index is 2.02. The molecule has 1 fully saturated rings. The molecule has 1 aliphatic rings. The molecular formula is C18H29NOS. The molecule has 0 heterocycles. The van der Waals surface area contributed by atoms with Crippen molar-refractivity contribution in [3.05, 3.63) is 29.8 Å². The normalized spacial score (nSPS) is 19.6. The monoisotopic (exact) mass is 307 g/mol. The summed E-state index contributed by atoms with van der Waals surface area (Å²) in [6, 6.07) is 8.71. The Kier molecular flexibility index (Phi) is 5.61. The third-order valence-corrected chi connectivity index (χ3v) is 6.11. The maximum absolute atomic E-state index is 12.6. The first kappa shape index (κ1) is 16.7. The number of hydrogen-bond acceptors (Lipinski definition) is 2. The molecule has 0 radical (unpaired) electrons. The van der Waals surface area contributed by atoms with Gasteiger partial charge in [0.1, 0.15) is 0 Å². The van der Waals surface area contributed by atoms with E-state index in [0.29, 0.717) is 12.0 Å². The number of rotatable bonds is 5. The molecule has 0 bridgehead atoms. The summed E-state index contributed by atoms with van der Waals surface area (Å²) in [6.07, 6.45) is 5.23. The van der Waals surface area contributed by atoms with Gasteiger partial charge in [-0.3, -0.25) is 4.21 Å². The van der Waals surface area contributed by atoms with Gasteiger partial charge >= 0.3 is 0 Å². The Bertz CT molecular complexity index is 469. The van der Waals surface area contributed by atoms with Crippen molar-refractivity contribution in [2.24, 2.45) is 5.92 Å². The molecule has 3 heteroatoms. The maximum Gasteiger partial charge on any atom is 0.0545 e. The molecule has 2 unspecified atom stereocenters. The molecule has 21 heavy (non-hydrogen) atoms. The molecule has 1 N–H and O–H groups in total. The second kappa shape index (κ2) is 7.06. The van der Waals surface area contributed by atoms with Crippen molar-refractivity contribution < 1.29 is 4.21 Å². The van der Waals surface area contributed by atoms with Crippen LogP contribution in [0.1, 0.15) is 52.0 Å². The summed E-state index contributed by atoms with van der Waals surface area (Å²) in [5.41, 5.74) is 1.45. The van der Waals surface area contributed by atoms with E-state index in [1.807, 2.05) is 19.2 Å². The fourth-order valence-electron chi connectivity index (χ4n) is 3.18. The van der Waals surface area contributed by atoms with Gasteiger partial charge in [-0.05, 0) is 48.9 Å². The summed E-state index contributed by atoms with van der Waals surface area (Å²) in [6.45, 7) is 6.61. The first-order valence-electron chi connectivity index (χ1n) is 8.08. The van der Waals surface area contributed by atoms with Crippen LogP contribution < -0.4 is 5.32 Å². The molecule has 0 saturated heterocycles. The molecule has 2 nitrogen and oxygen atoms in total. The largest absolute Gasteiger partial charge is 0.316 e. The minimum atomic E-state index is -0.907. The standard InChI is InChI=1S/C18H29NOS/c1-18(2,3)15-9-11-16(12-10-15)21(20)13-17(19-4)14-7-5-6-8-14/h9-12,14,17,19H,5-8,13H2,1-4H3. The Morgan fingerprint density at radius 3 is 2.24 bits per heavy atom. The van der Waals surface area contributed by atoms with Gasteiger partial charge in [0.2, 0.25) is 0 Å². The van der Waals surface area contributed by atoms with Crippen molar-refractivity contribution in [2.45, 2.75) is 62.8 Å². The van der Waals surface area contributed by atoms with E-state index >= 15 is 0 Å². The number of benzene rings is 1. The summed E-state index contributed by atoms with van der Waals surface area (Å²) < 4.78 is 12.6. The summed E-state index contributed by atoms with van der Waals surface area (Å²) in [7, 11) is 1.10. The van der Waals surface area contributed by atoms with Crippen LogP contribution in [0.5, 0.6) is 0 Å². The second-order valence-electron chi connectivity index (χ2n) is 7.23. The molecular weight excluding hydrogens is 278 g/mol. The highest BCUT2D eigenvalue weighted by Crippen LogP contribution is 2.29. The second-order valence-corrected chi connectivity index (χ2v) is 8.72. The van der Waals surface area contributed by atoms with Crippen LogP contribution in [0.2, 0.25) is 0 Å². The molecule has 0 amide bonds. The van der Waals surface area contributed by atoms with Gasteiger partial charge in [-0.1, -0.05) is 45.7 Å². The van der Waals surface area contributed by atoms with Gasteiger partial charge in [0.25, 0.3) is 0 Å². The zero-order valence-electron chi connectivity index (χ0n) is 13.8. The van der Waals surface area contributed by atoms with E-state index in [1.165, 1.54) is 31.2 Å². The lowest BCUT2D eigenvalue weighted by atomic mass is 9.87. The highest BCUT2D eigenvalue weighted by molar-refractivity contribution is 7.85. The Hall–Kier alpha value is -0.670. The van der Waals surface area contributed by atoms with Crippen molar-refractivity contribution in [2.75, 3.05) is 12.8 Å². The van der Waals surface area contributed by atoms with Gasteiger partial charge in [-0.15, -0.1) is 0 Å². The van der Waals surface area contributed by atoms with Crippen LogP contribution >= 0.6 is 0 Å². The third-order valence-electron chi connectivity index (χ3n) is 4.65. The van der Waals surface area contributed by atoms with Crippen LogP contribution in [0.25, 0.3) is 0 Å². The van der Waals surface area contributed by atoms with Crippen LogP contribution in [0, 0.1) is 5.92 Å². The van der Waals surface area contributed by atoms with Gasteiger partial charge in [0.15, 0.2) is 0 Å². The minimum Gasteiger partial charge on any atom is -0.316 e. The zero-order valence-corrected chi connectivity index (χ0v) is 14.6. The Morgan fingerprint density at radius 1 is 1.19 bits per heavy atom. The molecule has 0 aliphatic heterocycles. The van der Waals surface area contributed by atoms with Crippen molar-refractivity contribution in [1.82, 2.24) is 5.32 Å². The Morgan fingerprint density at radius 2 is 1.76 bits per heavy atom. The first-order valence-corrected chi connectivity index (χ1v) is 9.40. The lowest BCUT2D eigenvalue weighted by Crippen LogP contribution is -2.37. The molecule has 1 aromatic rings. The lowest BCUT2D eigenvalue weighted by molar-refractivity contribution is 0.408. The fraction of sp³-hybridized carbons (Fsp3) is 0.667. The third kappa shape index (κ3) is 4.40. The highest BCUT2D eigenvalue weighted by atomic mass is 32.2. The van der Waals surface area contributed by atoms with Crippen molar-refractivity contribution >= 4 is 10.8 Å². The smallest absolute Gasteiger partial charge is 0.0545 e. The molecule has 0 aromatic heterocycles. The van der Waals surface area contributed by atoms with E-state index in [1.54, 1.807) is 0 Å². The number of hydrogen-bond donors (Lipinski definition) is 1. The minimum absolute atomic E-state index is 0.150. The van der Waals surface area contributed by atoms with Crippen LogP contribution in [-0.4, -0.2) is 23.1 Å². The summed E-state index contributed by atoms with van der Waals surface area (Å²) in [4.78, 5) is 0.959. The summed E-state index contributed by atoms with van der Waals surface area (Å²) in [5.74, 6) is 1.43. The van der Waals surface area contributed by atoms with E-state index in [9.17, 15) is 4.21 Å². The van der Waals surface area contributed by atoms with E-state index in [4.69, 9.17) is 0 Å². The molecule has 2 atom stereocenters. The summed E-state index contributed by atoms with van der Waals surface area (Å²) in [5, 5.41) is 3.39. The number of nitrogens with one attached hydrogen (secondary N) is 1. The van der Waals surface area contributed by atoms with Crippen molar-refractivity contribution in [1.29, 1.82) is 0 Å². The van der Waals surface area contributed by atoms with E-state index < -0.39 is 10.8 Å². The predicted octanol–water partition coefficient (Wildman–Crippen LogP) is 3.87. The first-order chi connectivity index (χ1) is 9.91. The topological polar surface area (TPSA) is 29.1 Å². The molecule has 118 valence electrons. The summed E-state index contributed by atoms with van der Waals surface area (Å²) >= 11 is 0. The Labute approximate surface area is 132 Å². The van der Waals surface area contributed by atoms with Crippen LogP contribution in [0.4, 0.5) is 0 Å². The maximum atomic E-state index is 12.6. The van der Waals surface area contributed by atoms with Crippen molar-refractivity contribution in [3.8, 4) is 0 Å². The van der Waals surface area contributed by atoms with Gasteiger partial charge in [-0.2, -0.15) is 0 Å². The van der Waals surface area contributed by atoms with E-state index in [-0.39, 0.29) is 5.41 Å². The predicted molar refractivity (Wildman–Crippen MR) is 91.2 cm³/mol. The van der Waals surface area contributed by atoms with Gasteiger partial charge in [-0.25, -0.2) is 0 Å². The zero-order chi connectivity index (χ0) is 15.5. The van der Waals surface area contributed by atoms with Gasteiger partial charge in [0.05, 0.1) is 10.8 Å². The molecule has 0 spiro atoms. The average molecular weight is 308 g/mol. The molecule has 2 rings (SSSR count). The van der Waals surface area contributed by atoms with Crippen molar-refractivity contribution in [3.63, 3.8) is 0 Å². The molecule has 1 aromatic carbocycles. The fourth-order valence-corrected chi connectivity index (χ4v) is 4.58. The quantitative estimate of drug-likeness (QED) is 0.894. The van der Waals surface area contributed by atoms with Crippen LogP contribution in [0.15, 0.2) is 29.2 Å². The van der Waals surface area contributed by atoms with Gasteiger partial charge < -0.3 is 5.32 Å². The lowest BCUT2D eigenvalue weighted by Gasteiger charge is -2.23. The highest BCUT2D eigenvalue weighted by Gasteiger charge is 2.25. The van der Waals surface area contributed by atoms with Crippen LogP contribution in [0.3, 0.4) is 0 Å². The van der Waals surface area contributed by atoms with E-state index in [2.05, 4.69) is 38.2 Å². The van der Waals surface area contributed by atoms with Crippen LogP contribution in [-0.2, 0) is 16.2 Å². The van der Waals surface area contributed by atoms with Gasteiger partial charge in [0, 0.05) is 16.7 Å².